The van der Waals surface area contributed by atoms with Crippen LogP contribution in [-0.4, -0.2) is 18.0 Å². The van der Waals surface area contributed by atoms with Crippen molar-refractivity contribution < 1.29 is 4.39 Å². The van der Waals surface area contributed by atoms with Gasteiger partial charge in [-0.2, -0.15) is 0 Å². The first kappa shape index (κ1) is 14.7. The third-order valence-electron chi connectivity index (χ3n) is 3.40. The van der Waals surface area contributed by atoms with Crippen molar-refractivity contribution in [3.05, 3.63) is 71.0 Å². The molecule has 0 amide bonds. The summed E-state index contributed by atoms with van der Waals surface area (Å²) in [5.74, 6) is -0.182. The van der Waals surface area contributed by atoms with E-state index in [9.17, 15) is 4.39 Å². The predicted molar refractivity (Wildman–Crippen MR) is 80.7 cm³/mol. The minimum atomic E-state index is -0.182. The smallest absolute Gasteiger partial charge is 0.123 e. The Balaban J connectivity index is 2.11. The van der Waals surface area contributed by atoms with E-state index in [1.807, 2.05) is 31.2 Å². The van der Waals surface area contributed by atoms with Gasteiger partial charge in [0.05, 0.1) is 0 Å². The van der Waals surface area contributed by atoms with E-state index >= 15 is 0 Å². The number of halogens is 1. The zero-order chi connectivity index (χ0) is 14.4. The lowest BCUT2D eigenvalue weighted by Gasteiger charge is -2.22. The van der Waals surface area contributed by atoms with Crippen LogP contribution in [0.25, 0.3) is 0 Å². The van der Waals surface area contributed by atoms with Crippen LogP contribution in [0.3, 0.4) is 0 Å². The molecule has 2 aromatic rings. The highest BCUT2D eigenvalue weighted by molar-refractivity contribution is 5.26. The Labute approximate surface area is 120 Å². The van der Waals surface area contributed by atoms with Crippen molar-refractivity contribution >= 4 is 0 Å². The molecule has 2 aromatic carbocycles. The first-order valence-electron chi connectivity index (χ1n) is 6.90. The van der Waals surface area contributed by atoms with Crippen LogP contribution >= 0.6 is 0 Å². The van der Waals surface area contributed by atoms with Gasteiger partial charge in [-0.05, 0) is 35.7 Å². The van der Waals surface area contributed by atoms with Crippen molar-refractivity contribution in [1.29, 1.82) is 0 Å². The Morgan fingerprint density at radius 3 is 2.50 bits per heavy atom. The van der Waals surface area contributed by atoms with E-state index in [0.717, 1.165) is 30.8 Å². The lowest BCUT2D eigenvalue weighted by atomic mass is 10.1. The standard InChI is InChI=1S/C17H21FN2/c1-14-7-8-17(18)11-16(14)13-20(10-9-19)12-15-5-3-2-4-6-15/h2-8,11H,9-10,12-13,19H2,1H3. The van der Waals surface area contributed by atoms with E-state index in [2.05, 4.69) is 17.0 Å². The quantitative estimate of drug-likeness (QED) is 0.875. The molecule has 0 heterocycles. The summed E-state index contributed by atoms with van der Waals surface area (Å²) in [6.07, 6.45) is 0. The van der Waals surface area contributed by atoms with Gasteiger partial charge in [-0.1, -0.05) is 36.4 Å². The van der Waals surface area contributed by atoms with Crippen LogP contribution in [0.2, 0.25) is 0 Å². The van der Waals surface area contributed by atoms with Gasteiger partial charge in [-0.25, -0.2) is 4.39 Å². The Bertz CT molecular complexity index is 540. The Hall–Kier alpha value is -1.71. The van der Waals surface area contributed by atoms with Crippen LogP contribution in [0.15, 0.2) is 48.5 Å². The molecule has 0 aromatic heterocycles. The molecule has 0 atom stereocenters. The molecule has 3 heteroatoms. The molecule has 0 bridgehead atoms. The minimum absolute atomic E-state index is 0.182. The van der Waals surface area contributed by atoms with Crippen LogP contribution in [-0.2, 0) is 13.1 Å². The molecule has 0 saturated carbocycles. The highest BCUT2D eigenvalue weighted by Crippen LogP contribution is 2.14. The van der Waals surface area contributed by atoms with E-state index in [1.165, 1.54) is 11.6 Å². The third kappa shape index (κ3) is 4.15. The molecule has 20 heavy (non-hydrogen) atoms. The van der Waals surface area contributed by atoms with Gasteiger partial charge in [-0.15, -0.1) is 0 Å². The average molecular weight is 272 g/mol. The molecule has 0 unspecified atom stereocenters. The second-order valence-electron chi connectivity index (χ2n) is 5.06. The molecule has 0 spiro atoms. The highest BCUT2D eigenvalue weighted by Gasteiger charge is 2.09. The largest absolute Gasteiger partial charge is 0.329 e. The maximum absolute atomic E-state index is 13.4. The molecule has 0 radical (unpaired) electrons. The second-order valence-corrected chi connectivity index (χ2v) is 5.06. The molecule has 0 fully saturated rings. The number of rotatable bonds is 6. The molecule has 2 rings (SSSR count). The summed E-state index contributed by atoms with van der Waals surface area (Å²) in [6.45, 7) is 4.95. The molecule has 0 aliphatic heterocycles. The number of nitrogens with two attached hydrogens (primary N) is 1. The van der Waals surface area contributed by atoms with Crippen molar-refractivity contribution in [2.45, 2.75) is 20.0 Å². The predicted octanol–water partition coefficient (Wildman–Crippen LogP) is 3.10. The SMILES string of the molecule is Cc1ccc(F)cc1CN(CCN)Cc1ccccc1. The van der Waals surface area contributed by atoms with Gasteiger partial charge >= 0.3 is 0 Å². The van der Waals surface area contributed by atoms with Gasteiger partial charge in [0, 0.05) is 26.2 Å². The Morgan fingerprint density at radius 2 is 1.80 bits per heavy atom. The molecular formula is C17H21FN2. The number of benzene rings is 2. The molecule has 0 aliphatic rings. The van der Waals surface area contributed by atoms with E-state index in [1.54, 1.807) is 6.07 Å². The minimum Gasteiger partial charge on any atom is -0.329 e. The molecule has 106 valence electrons. The molecule has 2 nitrogen and oxygen atoms in total. The fourth-order valence-electron chi connectivity index (χ4n) is 2.29. The first-order valence-corrected chi connectivity index (χ1v) is 6.90. The van der Waals surface area contributed by atoms with Gasteiger partial charge in [0.25, 0.3) is 0 Å². The fourth-order valence-corrected chi connectivity index (χ4v) is 2.29. The Morgan fingerprint density at radius 1 is 1.05 bits per heavy atom. The van der Waals surface area contributed by atoms with E-state index < -0.39 is 0 Å². The van der Waals surface area contributed by atoms with Crippen molar-refractivity contribution in [3.63, 3.8) is 0 Å². The zero-order valence-corrected chi connectivity index (χ0v) is 11.8. The van der Waals surface area contributed by atoms with E-state index in [-0.39, 0.29) is 5.82 Å². The summed E-state index contributed by atoms with van der Waals surface area (Å²) in [4.78, 5) is 2.25. The summed E-state index contributed by atoms with van der Waals surface area (Å²) < 4.78 is 13.4. The van der Waals surface area contributed by atoms with Crippen LogP contribution in [0.5, 0.6) is 0 Å². The molecule has 0 saturated heterocycles. The van der Waals surface area contributed by atoms with E-state index in [0.29, 0.717) is 6.54 Å². The Kier molecular flexibility index (Phi) is 5.27. The van der Waals surface area contributed by atoms with Gasteiger partial charge in [0.15, 0.2) is 0 Å². The van der Waals surface area contributed by atoms with Crippen molar-refractivity contribution in [2.24, 2.45) is 5.73 Å². The number of hydrogen-bond donors (Lipinski definition) is 1. The van der Waals surface area contributed by atoms with Crippen LogP contribution < -0.4 is 5.73 Å². The van der Waals surface area contributed by atoms with Gasteiger partial charge in [0.2, 0.25) is 0 Å². The monoisotopic (exact) mass is 272 g/mol. The van der Waals surface area contributed by atoms with Crippen LogP contribution in [0, 0.1) is 12.7 Å². The van der Waals surface area contributed by atoms with Crippen molar-refractivity contribution in [3.8, 4) is 0 Å². The maximum atomic E-state index is 13.4. The summed E-state index contributed by atoms with van der Waals surface area (Å²) in [7, 11) is 0. The van der Waals surface area contributed by atoms with Gasteiger partial charge in [0.1, 0.15) is 5.82 Å². The highest BCUT2D eigenvalue weighted by atomic mass is 19.1. The molecule has 0 aliphatic carbocycles. The summed E-state index contributed by atoms with van der Waals surface area (Å²) in [5.41, 5.74) is 9.07. The summed E-state index contributed by atoms with van der Waals surface area (Å²) in [6, 6.07) is 15.2. The number of aryl methyl sites for hydroxylation is 1. The molecule has 2 N–H and O–H groups in total. The van der Waals surface area contributed by atoms with Crippen molar-refractivity contribution in [2.75, 3.05) is 13.1 Å². The maximum Gasteiger partial charge on any atom is 0.123 e. The van der Waals surface area contributed by atoms with Crippen LogP contribution in [0.4, 0.5) is 4.39 Å². The first-order chi connectivity index (χ1) is 9.69. The second kappa shape index (κ2) is 7.17. The van der Waals surface area contributed by atoms with Gasteiger partial charge < -0.3 is 5.73 Å². The number of hydrogen-bond acceptors (Lipinski definition) is 2. The summed E-state index contributed by atoms with van der Waals surface area (Å²) in [5, 5.41) is 0. The van der Waals surface area contributed by atoms with Crippen LogP contribution in [0.1, 0.15) is 16.7 Å². The summed E-state index contributed by atoms with van der Waals surface area (Å²) >= 11 is 0. The lowest BCUT2D eigenvalue weighted by molar-refractivity contribution is 0.263. The lowest BCUT2D eigenvalue weighted by Crippen LogP contribution is -2.29. The van der Waals surface area contributed by atoms with Crippen molar-refractivity contribution in [1.82, 2.24) is 4.90 Å². The normalized spacial score (nSPS) is 11.0. The van der Waals surface area contributed by atoms with Gasteiger partial charge in [-0.3, -0.25) is 4.90 Å². The fraction of sp³-hybridized carbons (Fsp3) is 0.294. The topological polar surface area (TPSA) is 29.3 Å². The number of nitrogens with zero attached hydrogens (tertiary/aromatic N) is 1. The molecular weight excluding hydrogens is 251 g/mol. The van der Waals surface area contributed by atoms with E-state index in [4.69, 9.17) is 5.73 Å². The third-order valence-corrected chi connectivity index (χ3v) is 3.40. The zero-order valence-electron chi connectivity index (χ0n) is 11.8. The average Bonchev–Trinajstić information content (AvgIpc) is 2.44.